The molecule has 0 spiro atoms. The molecule has 2 aromatic carbocycles. The SMILES string of the molecule is COc1cc(C=CC2=NOCC3(c4ccc(F)cc4)CN(C)CCN23)ccc1-n1cnc(C)c1. The highest BCUT2D eigenvalue weighted by molar-refractivity contribution is 5.97. The van der Waals surface area contributed by atoms with Gasteiger partial charge in [0.15, 0.2) is 5.84 Å². The van der Waals surface area contributed by atoms with Gasteiger partial charge in [-0.05, 0) is 55.4 Å². The summed E-state index contributed by atoms with van der Waals surface area (Å²) in [4.78, 5) is 14.6. The molecule has 2 aliphatic heterocycles. The zero-order valence-electron chi connectivity index (χ0n) is 19.6. The van der Waals surface area contributed by atoms with Crippen LogP contribution in [-0.4, -0.2) is 65.6 Å². The van der Waals surface area contributed by atoms with Gasteiger partial charge in [-0.15, -0.1) is 0 Å². The average Bonchev–Trinajstić information content (AvgIpc) is 3.28. The van der Waals surface area contributed by atoms with E-state index in [4.69, 9.17) is 9.57 Å². The standard InChI is InChI=1S/C26H28FN5O2/c1-19-15-31(18-28-19)23-10-4-20(14-24(23)33-3)5-11-25-29-34-17-26(16-30(2)12-13-32(25)26)21-6-8-22(27)9-7-21/h4-11,14-15,18H,12-13,16-17H2,1-3H3. The first-order valence-electron chi connectivity index (χ1n) is 11.3. The molecular formula is C26H28FN5O2. The average molecular weight is 462 g/mol. The van der Waals surface area contributed by atoms with Crippen molar-refractivity contribution < 1.29 is 14.0 Å². The number of ether oxygens (including phenoxy) is 1. The summed E-state index contributed by atoms with van der Waals surface area (Å²) in [5.74, 6) is 1.25. The van der Waals surface area contributed by atoms with Crippen LogP contribution in [0.1, 0.15) is 16.8 Å². The maximum Gasteiger partial charge on any atom is 0.169 e. The third-order valence-corrected chi connectivity index (χ3v) is 6.49. The molecule has 1 aromatic heterocycles. The Balaban J connectivity index is 1.44. The van der Waals surface area contributed by atoms with Crippen molar-refractivity contribution in [2.75, 3.05) is 40.4 Å². The van der Waals surface area contributed by atoms with E-state index in [2.05, 4.69) is 27.0 Å². The van der Waals surface area contributed by atoms with Crippen molar-refractivity contribution in [1.29, 1.82) is 0 Å². The second-order valence-electron chi connectivity index (χ2n) is 8.84. The van der Waals surface area contributed by atoms with Gasteiger partial charge < -0.3 is 23.9 Å². The second kappa shape index (κ2) is 8.95. The van der Waals surface area contributed by atoms with E-state index in [1.54, 1.807) is 13.4 Å². The zero-order chi connectivity index (χ0) is 23.7. The molecule has 0 radical (unpaired) electrons. The van der Waals surface area contributed by atoms with Crippen molar-refractivity contribution in [3.05, 3.63) is 83.7 Å². The van der Waals surface area contributed by atoms with Crippen LogP contribution in [0.4, 0.5) is 4.39 Å². The van der Waals surface area contributed by atoms with Gasteiger partial charge in [-0.2, -0.15) is 0 Å². The Bertz CT molecular complexity index is 1240. The van der Waals surface area contributed by atoms with Crippen molar-refractivity contribution >= 4 is 11.9 Å². The van der Waals surface area contributed by atoms with E-state index in [0.29, 0.717) is 6.61 Å². The minimum absolute atomic E-state index is 0.246. The largest absolute Gasteiger partial charge is 0.495 e. The molecule has 1 saturated heterocycles. The Morgan fingerprint density at radius 1 is 1.12 bits per heavy atom. The van der Waals surface area contributed by atoms with Gasteiger partial charge in [0.05, 0.1) is 24.8 Å². The van der Waals surface area contributed by atoms with Crippen LogP contribution in [0.5, 0.6) is 5.75 Å². The monoisotopic (exact) mass is 461 g/mol. The highest BCUT2D eigenvalue weighted by atomic mass is 19.1. The third kappa shape index (κ3) is 4.05. The molecule has 0 saturated carbocycles. The van der Waals surface area contributed by atoms with E-state index in [-0.39, 0.29) is 5.82 Å². The van der Waals surface area contributed by atoms with Gasteiger partial charge in [0.2, 0.25) is 0 Å². The molecule has 7 nitrogen and oxygen atoms in total. The predicted molar refractivity (Wildman–Crippen MR) is 130 cm³/mol. The topological polar surface area (TPSA) is 55.1 Å². The molecule has 8 heteroatoms. The minimum atomic E-state index is -0.428. The molecule has 34 heavy (non-hydrogen) atoms. The fourth-order valence-electron chi connectivity index (χ4n) is 4.75. The van der Waals surface area contributed by atoms with E-state index in [1.807, 2.05) is 60.2 Å². The molecule has 3 aromatic rings. The number of hydrogen-bond donors (Lipinski definition) is 0. The number of benzene rings is 2. The molecule has 0 aliphatic carbocycles. The van der Waals surface area contributed by atoms with Gasteiger partial charge in [-0.1, -0.05) is 29.4 Å². The summed E-state index contributed by atoms with van der Waals surface area (Å²) in [7, 11) is 3.76. The van der Waals surface area contributed by atoms with Crippen LogP contribution < -0.4 is 4.74 Å². The van der Waals surface area contributed by atoms with Crippen LogP contribution in [-0.2, 0) is 10.4 Å². The predicted octanol–water partition coefficient (Wildman–Crippen LogP) is 3.83. The van der Waals surface area contributed by atoms with E-state index < -0.39 is 5.54 Å². The van der Waals surface area contributed by atoms with Crippen LogP contribution in [0, 0.1) is 12.7 Å². The Kier molecular flexibility index (Phi) is 5.83. The molecule has 3 heterocycles. The van der Waals surface area contributed by atoms with E-state index >= 15 is 0 Å². The highest BCUT2D eigenvalue weighted by Crippen LogP contribution is 2.36. The first-order valence-corrected chi connectivity index (χ1v) is 11.3. The maximum atomic E-state index is 13.6. The molecule has 176 valence electrons. The zero-order valence-corrected chi connectivity index (χ0v) is 19.6. The van der Waals surface area contributed by atoms with E-state index in [9.17, 15) is 4.39 Å². The summed E-state index contributed by atoms with van der Waals surface area (Å²) in [6.07, 6.45) is 7.72. The van der Waals surface area contributed by atoms with Gasteiger partial charge in [0.25, 0.3) is 0 Å². The summed E-state index contributed by atoms with van der Waals surface area (Å²) < 4.78 is 21.2. The number of piperazine rings is 1. The Morgan fingerprint density at radius 2 is 1.94 bits per heavy atom. The van der Waals surface area contributed by atoms with Gasteiger partial charge in [0.1, 0.15) is 23.7 Å². The molecule has 0 N–H and O–H groups in total. The number of likely N-dealkylation sites (N-methyl/N-ethyl adjacent to an activating group) is 1. The summed E-state index contributed by atoms with van der Waals surface area (Å²) in [6.45, 7) is 4.83. The maximum absolute atomic E-state index is 13.6. The number of amidine groups is 1. The lowest BCUT2D eigenvalue weighted by Gasteiger charge is -2.52. The van der Waals surface area contributed by atoms with Gasteiger partial charge in [0, 0.05) is 25.8 Å². The minimum Gasteiger partial charge on any atom is -0.495 e. The fourth-order valence-corrected chi connectivity index (χ4v) is 4.75. The van der Waals surface area contributed by atoms with Crippen LogP contribution in [0.25, 0.3) is 11.8 Å². The molecule has 2 aliphatic rings. The Morgan fingerprint density at radius 3 is 2.68 bits per heavy atom. The first kappa shape index (κ1) is 22.2. The number of nitrogens with zero attached hydrogens (tertiary/aromatic N) is 5. The summed E-state index contributed by atoms with van der Waals surface area (Å²) >= 11 is 0. The lowest BCUT2D eigenvalue weighted by atomic mass is 9.85. The van der Waals surface area contributed by atoms with Gasteiger partial charge in [-0.25, -0.2) is 9.37 Å². The number of aryl methyl sites for hydroxylation is 1. The summed E-state index contributed by atoms with van der Waals surface area (Å²) in [5.41, 5.74) is 3.43. The first-order chi connectivity index (χ1) is 16.5. The summed E-state index contributed by atoms with van der Waals surface area (Å²) in [5, 5.41) is 4.37. The van der Waals surface area contributed by atoms with Crippen molar-refractivity contribution in [2.24, 2.45) is 5.16 Å². The highest BCUT2D eigenvalue weighted by Gasteiger charge is 2.46. The number of hydrogen-bond acceptors (Lipinski definition) is 6. The van der Waals surface area contributed by atoms with E-state index in [1.165, 1.54) is 12.1 Å². The quantitative estimate of drug-likeness (QED) is 0.578. The number of aromatic nitrogens is 2. The number of oxime groups is 1. The Labute approximate surface area is 198 Å². The van der Waals surface area contributed by atoms with Crippen molar-refractivity contribution in [3.63, 3.8) is 0 Å². The molecule has 0 amide bonds. The normalized spacial score (nSPS) is 20.7. The lowest BCUT2D eigenvalue weighted by Crippen LogP contribution is -2.64. The number of imidazole rings is 1. The number of methoxy groups -OCH3 is 1. The van der Waals surface area contributed by atoms with Gasteiger partial charge >= 0.3 is 0 Å². The van der Waals surface area contributed by atoms with Crippen LogP contribution >= 0.6 is 0 Å². The van der Waals surface area contributed by atoms with Crippen LogP contribution in [0.2, 0.25) is 0 Å². The molecule has 5 rings (SSSR count). The number of fused-ring (bicyclic) bond motifs is 1. The van der Waals surface area contributed by atoms with Gasteiger partial charge in [-0.3, -0.25) is 0 Å². The molecular weight excluding hydrogens is 433 g/mol. The fraction of sp³-hybridized carbons (Fsp3) is 0.308. The smallest absolute Gasteiger partial charge is 0.169 e. The van der Waals surface area contributed by atoms with Crippen molar-refractivity contribution in [2.45, 2.75) is 12.5 Å². The molecule has 1 fully saturated rings. The number of halogens is 1. The lowest BCUT2D eigenvalue weighted by molar-refractivity contribution is -0.0441. The molecule has 1 unspecified atom stereocenters. The summed E-state index contributed by atoms with van der Waals surface area (Å²) in [6, 6.07) is 12.7. The van der Waals surface area contributed by atoms with Crippen molar-refractivity contribution in [3.8, 4) is 11.4 Å². The Hall–Kier alpha value is -3.65. The second-order valence-corrected chi connectivity index (χ2v) is 8.84. The van der Waals surface area contributed by atoms with E-state index in [0.717, 1.165) is 53.7 Å². The molecule has 1 atom stereocenters. The third-order valence-electron chi connectivity index (χ3n) is 6.49. The van der Waals surface area contributed by atoms with Crippen molar-refractivity contribution in [1.82, 2.24) is 19.4 Å². The number of rotatable bonds is 5. The molecule has 0 bridgehead atoms. The van der Waals surface area contributed by atoms with Crippen LogP contribution in [0.3, 0.4) is 0 Å². The van der Waals surface area contributed by atoms with Crippen LogP contribution in [0.15, 0.2) is 66.2 Å².